The number of nitrogens with zero attached hydrogens (tertiary/aromatic N) is 1. The first-order chi connectivity index (χ1) is 26.2. The maximum Gasteiger partial charge on any atom is 0.272 e. The number of hydrogen-bond donors (Lipinski definition) is 3. The molecule has 54 heavy (non-hydrogen) atoms. The Balaban J connectivity index is 1.18. The van der Waals surface area contributed by atoms with Crippen molar-refractivity contribution in [1.29, 1.82) is 0 Å². The second-order valence-electron chi connectivity index (χ2n) is 11.5. The van der Waals surface area contributed by atoms with Crippen LogP contribution in [0, 0.1) is 0 Å². The third-order valence-electron chi connectivity index (χ3n) is 7.90. The number of carbonyl (C=O) groups excluding carboxylic acids is 3. The molecule has 1 heterocycles. The summed E-state index contributed by atoms with van der Waals surface area (Å²) in [7, 11) is 3.05. The molecular formula is C41H32Cl2N4O5S2. The molecule has 3 amide bonds. The van der Waals surface area contributed by atoms with E-state index in [1.165, 1.54) is 37.3 Å². The minimum atomic E-state index is -0.617. The molecule has 0 fully saturated rings. The van der Waals surface area contributed by atoms with Gasteiger partial charge in [0.1, 0.15) is 10.9 Å². The van der Waals surface area contributed by atoms with E-state index in [0.29, 0.717) is 49.2 Å². The highest BCUT2D eigenvalue weighted by atomic mass is 35.5. The number of ether oxygens (including phenoxy) is 2. The fourth-order valence-corrected chi connectivity index (χ4v) is 7.24. The van der Waals surface area contributed by atoms with Gasteiger partial charge in [0, 0.05) is 27.1 Å². The standard InChI is InChI=1S/C41H32Cl2N4O5S2/c1-51-35-20-13-25(22-36(35)52-2)21-33(45-38(48)27-11-7-4-8-12-27)39(49)44-29-15-17-30(18-16-29)54-37(26-9-5-3-6-10-26)40(50)47-41-46-34(24-53-41)28-14-19-31(42)32(43)23-28/h3-24,37H,1-2H3,(H,44,49)(H,45,48)(H,46,47,50)/b33-21-. The minimum absolute atomic E-state index is 0.0137. The number of thiazole rings is 1. The number of halogens is 2. The van der Waals surface area contributed by atoms with Crippen molar-refractivity contribution in [3.8, 4) is 22.8 Å². The number of anilines is 2. The van der Waals surface area contributed by atoms with E-state index in [0.717, 1.165) is 16.0 Å². The van der Waals surface area contributed by atoms with Crippen LogP contribution in [0.1, 0.15) is 26.7 Å². The van der Waals surface area contributed by atoms with Crippen LogP contribution in [-0.2, 0) is 9.59 Å². The van der Waals surface area contributed by atoms with Gasteiger partial charge in [-0.2, -0.15) is 0 Å². The average Bonchev–Trinajstić information content (AvgIpc) is 3.67. The average molecular weight is 796 g/mol. The molecule has 1 atom stereocenters. The summed E-state index contributed by atoms with van der Waals surface area (Å²) in [5.74, 6) is -0.248. The number of hydrogen-bond acceptors (Lipinski definition) is 8. The van der Waals surface area contributed by atoms with Crippen molar-refractivity contribution in [3.63, 3.8) is 0 Å². The first kappa shape index (κ1) is 38.1. The number of thioether (sulfide) groups is 1. The Labute approximate surface area is 330 Å². The maximum atomic E-state index is 13.7. The van der Waals surface area contributed by atoms with Crippen LogP contribution in [0.25, 0.3) is 17.3 Å². The molecule has 3 N–H and O–H groups in total. The zero-order chi connectivity index (χ0) is 38.0. The second kappa shape index (κ2) is 18.0. The number of rotatable bonds is 13. The summed E-state index contributed by atoms with van der Waals surface area (Å²) < 4.78 is 10.8. The van der Waals surface area contributed by atoms with Crippen LogP contribution in [0.15, 0.2) is 137 Å². The van der Waals surface area contributed by atoms with E-state index < -0.39 is 17.1 Å². The van der Waals surface area contributed by atoms with Crippen molar-refractivity contribution in [2.75, 3.05) is 24.9 Å². The summed E-state index contributed by atoms with van der Waals surface area (Å²) in [5.41, 5.74) is 3.74. The molecule has 0 bridgehead atoms. The summed E-state index contributed by atoms with van der Waals surface area (Å²) >= 11 is 14.9. The molecular weight excluding hydrogens is 764 g/mol. The Morgan fingerprint density at radius 1 is 0.778 bits per heavy atom. The van der Waals surface area contributed by atoms with Crippen molar-refractivity contribution in [3.05, 3.63) is 159 Å². The third kappa shape index (κ3) is 9.68. The molecule has 0 aliphatic heterocycles. The summed E-state index contributed by atoms with van der Waals surface area (Å²) in [4.78, 5) is 45.9. The van der Waals surface area contributed by atoms with Gasteiger partial charge in [0.15, 0.2) is 16.6 Å². The molecule has 272 valence electrons. The quantitative estimate of drug-likeness (QED) is 0.0787. The van der Waals surface area contributed by atoms with E-state index in [4.69, 9.17) is 32.7 Å². The molecule has 6 aromatic rings. The highest BCUT2D eigenvalue weighted by Crippen LogP contribution is 2.38. The lowest BCUT2D eigenvalue weighted by molar-refractivity contribution is -0.116. The number of carbonyl (C=O) groups is 3. The number of nitrogens with one attached hydrogen (secondary N) is 3. The lowest BCUT2D eigenvalue weighted by Crippen LogP contribution is -2.30. The Morgan fingerprint density at radius 2 is 1.48 bits per heavy atom. The predicted molar refractivity (Wildman–Crippen MR) is 218 cm³/mol. The fourth-order valence-electron chi connectivity index (χ4n) is 5.19. The SMILES string of the molecule is COc1ccc(/C=C(\NC(=O)c2ccccc2)C(=O)Nc2ccc(SC(C(=O)Nc3nc(-c4ccc(Cl)c(Cl)c4)cs3)c3ccccc3)cc2)cc1OC. The van der Waals surface area contributed by atoms with E-state index in [9.17, 15) is 14.4 Å². The van der Waals surface area contributed by atoms with Crippen molar-refractivity contribution in [2.45, 2.75) is 10.1 Å². The van der Waals surface area contributed by atoms with E-state index in [2.05, 4.69) is 20.9 Å². The molecule has 1 aromatic heterocycles. The van der Waals surface area contributed by atoms with Gasteiger partial charge in [-0.25, -0.2) is 4.98 Å². The maximum absolute atomic E-state index is 13.7. The van der Waals surface area contributed by atoms with Crippen LogP contribution in [0.2, 0.25) is 10.0 Å². The summed E-state index contributed by atoms with van der Waals surface area (Å²) in [6.45, 7) is 0. The van der Waals surface area contributed by atoms with Crippen molar-refractivity contribution >= 4 is 80.9 Å². The van der Waals surface area contributed by atoms with Gasteiger partial charge in [-0.1, -0.05) is 83.9 Å². The van der Waals surface area contributed by atoms with Gasteiger partial charge >= 0.3 is 0 Å². The van der Waals surface area contributed by atoms with Gasteiger partial charge in [0.2, 0.25) is 5.91 Å². The number of amides is 3. The van der Waals surface area contributed by atoms with Crippen molar-refractivity contribution < 1.29 is 23.9 Å². The largest absolute Gasteiger partial charge is 0.493 e. The van der Waals surface area contributed by atoms with Gasteiger partial charge in [-0.05, 0) is 77.9 Å². The molecule has 9 nitrogen and oxygen atoms in total. The van der Waals surface area contributed by atoms with Crippen LogP contribution in [0.5, 0.6) is 11.5 Å². The topological polar surface area (TPSA) is 119 Å². The lowest BCUT2D eigenvalue weighted by atomic mass is 10.1. The Morgan fingerprint density at radius 3 is 2.17 bits per heavy atom. The molecule has 6 rings (SSSR count). The molecule has 0 aliphatic carbocycles. The van der Waals surface area contributed by atoms with E-state index in [-0.39, 0.29) is 11.6 Å². The first-order valence-corrected chi connectivity index (χ1v) is 18.9. The zero-order valence-corrected chi connectivity index (χ0v) is 32.0. The third-order valence-corrected chi connectivity index (χ3v) is 10.7. The fraction of sp³-hybridized carbons (Fsp3) is 0.0732. The molecule has 0 saturated carbocycles. The Hall–Kier alpha value is -5.59. The van der Waals surface area contributed by atoms with Gasteiger partial charge in [-0.15, -0.1) is 23.1 Å². The van der Waals surface area contributed by atoms with E-state index >= 15 is 0 Å². The van der Waals surface area contributed by atoms with Crippen LogP contribution in [0.4, 0.5) is 10.8 Å². The highest BCUT2D eigenvalue weighted by Gasteiger charge is 2.24. The zero-order valence-electron chi connectivity index (χ0n) is 28.8. The monoisotopic (exact) mass is 794 g/mol. The van der Waals surface area contributed by atoms with Crippen LogP contribution < -0.4 is 25.4 Å². The second-order valence-corrected chi connectivity index (χ2v) is 14.4. The van der Waals surface area contributed by atoms with Gasteiger partial charge < -0.3 is 25.4 Å². The number of benzene rings is 5. The summed E-state index contributed by atoms with van der Waals surface area (Å²) in [6, 6.07) is 35.6. The normalized spacial score (nSPS) is 11.7. The summed E-state index contributed by atoms with van der Waals surface area (Å²) in [6.07, 6.45) is 1.56. The van der Waals surface area contributed by atoms with Gasteiger partial charge in [0.05, 0.1) is 30.0 Å². The minimum Gasteiger partial charge on any atom is -0.493 e. The van der Waals surface area contributed by atoms with E-state index in [1.807, 2.05) is 53.9 Å². The van der Waals surface area contributed by atoms with Gasteiger partial charge in [-0.3, -0.25) is 14.4 Å². The van der Waals surface area contributed by atoms with Crippen LogP contribution in [-0.4, -0.2) is 36.9 Å². The smallest absolute Gasteiger partial charge is 0.272 e. The Bertz CT molecular complexity index is 2300. The molecule has 5 aromatic carbocycles. The number of methoxy groups -OCH3 is 2. The van der Waals surface area contributed by atoms with Crippen LogP contribution >= 0.6 is 46.3 Å². The van der Waals surface area contributed by atoms with Gasteiger partial charge in [0.25, 0.3) is 11.8 Å². The molecule has 0 radical (unpaired) electrons. The molecule has 0 aliphatic rings. The first-order valence-electron chi connectivity index (χ1n) is 16.4. The molecule has 0 spiro atoms. The Kier molecular flexibility index (Phi) is 12.7. The molecule has 13 heteroatoms. The van der Waals surface area contributed by atoms with Crippen molar-refractivity contribution in [1.82, 2.24) is 10.3 Å². The summed E-state index contributed by atoms with van der Waals surface area (Å²) in [5, 5.41) is 11.1. The lowest BCUT2D eigenvalue weighted by Gasteiger charge is -2.17. The van der Waals surface area contributed by atoms with Crippen molar-refractivity contribution in [2.24, 2.45) is 0 Å². The van der Waals surface area contributed by atoms with Crippen LogP contribution in [0.3, 0.4) is 0 Å². The molecule has 0 saturated heterocycles. The highest BCUT2D eigenvalue weighted by molar-refractivity contribution is 8.00. The van der Waals surface area contributed by atoms with E-state index in [1.54, 1.807) is 78.9 Å². The number of aromatic nitrogens is 1. The molecule has 1 unspecified atom stereocenters. The predicted octanol–water partition coefficient (Wildman–Crippen LogP) is 10.0.